The number of nitrogens with one attached hydrogen (secondary N) is 1. The van der Waals surface area contributed by atoms with Gasteiger partial charge >= 0.3 is 0 Å². The molecule has 2 rings (SSSR count). The summed E-state index contributed by atoms with van der Waals surface area (Å²) in [7, 11) is 1.69. The summed E-state index contributed by atoms with van der Waals surface area (Å²) < 4.78 is 18.7. The molecule has 0 saturated carbocycles. The minimum atomic E-state index is -0.207. The fourth-order valence-electron chi connectivity index (χ4n) is 2.91. The Morgan fingerprint density at radius 1 is 1.41 bits per heavy atom. The number of rotatable bonds is 7. The van der Waals surface area contributed by atoms with Gasteiger partial charge in [-0.3, -0.25) is 0 Å². The average Bonchev–Trinajstić information content (AvgIpc) is 2.52. The number of nitrogens with zero attached hydrogens (tertiary/aromatic N) is 1. The summed E-state index contributed by atoms with van der Waals surface area (Å²) in [5, 5.41) is 13.1. The number of methoxy groups -OCH3 is 1. The van der Waals surface area contributed by atoms with E-state index in [1.54, 1.807) is 13.2 Å². The van der Waals surface area contributed by atoms with Crippen LogP contribution in [0.2, 0.25) is 0 Å². The van der Waals surface area contributed by atoms with Crippen molar-refractivity contribution in [2.45, 2.75) is 38.3 Å². The molecule has 22 heavy (non-hydrogen) atoms. The Morgan fingerprint density at radius 2 is 2.14 bits per heavy atom. The number of anilines is 1. The Labute approximate surface area is 132 Å². The van der Waals surface area contributed by atoms with E-state index in [-0.39, 0.29) is 18.0 Å². The van der Waals surface area contributed by atoms with Gasteiger partial charge in [-0.25, -0.2) is 4.39 Å². The molecule has 2 N–H and O–H groups in total. The second kappa shape index (κ2) is 8.46. The van der Waals surface area contributed by atoms with E-state index in [9.17, 15) is 9.50 Å². The molecule has 5 heteroatoms. The molecule has 1 saturated heterocycles. The van der Waals surface area contributed by atoms with Gasteiger partial charge in [-0.15, -0.1) is 0 Å². The van der Waals surface area contributed by atoms with Gasteiger partial charge in [0.2, 0.25) is 0 Å². The van der Waals surface area contributed by atoms with Crippen molar-refractivity contribution in [1.82, 2.24) is 5.32 Å². The van der Waals surface area contributed by atoms with Crippen LogP contribution in [0.4, 0.5) is 10.1 Å². The van der Waals surface area contributed by atoms with Crippen molar-refractivity contribution in [2.24, 2.45) is 0 Å². The monoisotopic (exact) mass is 310 g/mol. The van der Waals surface area contributed by atoms with Gasteiger partial charge in [-0.1, -0.05) is 0 Å². The van der Waals surface area contributed by atoms with Crippen molar-refractivity contribution in [3.05, 3.63) is 29.6 Å². The van der Waals surface area contributed by atoms with E-state index in [4.69, 9.17) is 4.74 Å². The lowest BCUT2D eigenvalue weighted by molar-refractivity contribution is 0.145. The van der Waals surface area contributed by atoms with E-state index < -0.39 is 0 Å². The van der Waals surface area contributed by atoms with Crippen molar-refractivity contribution in [3.63, 3.8) is 0 Å². The molecule has 0 bridgehead atoms. The molecular formula is C17H27FN2O2. The Kier molecular flexibility index (Phi) is 6.61. The van der Waals surface area contributed by atoms with Crippen LogP contribution in [0.3, 0.4) is 0 Å². The minimum Gasteiger partial charge on any atom is -0.393 e. The zero-order valence-electron chi connectivity index (χ0n) is 13.5. The predicted octanol–water partition coefficient (Wildman–Crippen LogP) is 2.47. The van der Waals surface area contributed by atoms with Gasteiger partial charge in [0, 0.05) is 38.5 Å². The molecule has 1 aromatic carbocycles. The highest BCUT2D eigenvalue weighted by molar-refractivity contribution is 5.55. The largest absolute Gasteiger partial charge is 0.393 e. The quantitative estimate of drug-likeness (QED) is 0.760. The van der Waals surface area contributed by atoms with Crippen LogP contribution in [0.5, 0.6) is 0 Å². The van der Waals surface area contributed by atoms with Crippen LogP contribution in [0.1, 0.15) is 37.8 Å². The van der Waals surface area contributed by atoms with Crippen molar-refractivity contribution < 1.29 is 14.2 Å². The summed E-state index contributed by atoms with van der Waals surface area (Å²) >= 11 is 0. The third kappa shape index (κ3) is 4.66. The SMILES string of the molecule is COCCCNC(C)c1cc(F)ccc1N1CCC(O)CC1. The van der Waals surface area contributed by atoms with Gasteiger partial charge in [-0.2, -0.15) is 0 Å². The summed E-state index contributed by atoms with van der Waals surface area (Å²) in [5.74, 6) is -0.207. The molecule has 1 aliphatic rings. The van der Waals surface area contributed by atoms with Crippen molar-refractivity contribution in [3.8, 4) is 0 Å². The lowest BCUT2D eigenvalue weighted by atomic mass is 10.0. The van der Waals surface area contributed by atoms with Crippen molar-refractivity contribution in [2.75, 3.05) is 38.3 Å². The third-order valence-electron chi connectivity index (χ3n) is 4.24. The second-order valence-electron chi connectivity index (χ2n) is 5.94. The first-order valence-corrected chi connectivity index (χ1v) is 8.06. The molecule has 0 spiro atoms. The first-order valence-electron chi connectivity index (χ1n) is 8.06. The highest BCUT2D eigenvalue weighted by Crippen LogP contribution is 2.29. The maximum atomic E-state index is 13.7. The topological polar surface area (TPSA) is 44.7 Å². The Hall–Kier alpha value is -1.17. The Morgan fingerprint density at radius 3 is 2.82 bits per heavy atom. The van der Waals surface area contributed by atoms with E-state index in [1.165, 1.54) is 6.07 Å². The maximum Gasteiger partial charge on any atom is 0.123 e. The molecule has 4 nitrogen and oxygen atoms in total. The number of ether oxygens (including phenoxy) is 1. The van der Waals surface area contributed by atoms with Crippen LogP contribution < -0.4 is 10.2 Å². The zero-order chi connectivity index (χ0) is 15.9. The molecule has 0 aliphatic carbocycles. The van der Waals surface area contributed by atoms with E-state index in [0.717, 1.165) is 56.8 Å². The van der Waals surface area contributed by atoms with Gasteiger partial charge in [0.15, 0.2) is 0 Å². The van der Waals surface area contributed by atoms with E-state index in [0.29, 0.717) is 0 Å². The second-order valence-corrected chi connectivity index (χ2v) is 5.94. The number of hydrogen-bond donors (Lipinski definition) is 2. The molecule has 1 aliphatic heterocycles. The molecule has 0 amide bonds. The number of hydrogen-bond acceptors (Lipinski definition) is 4. The lowest BCUT2D eigenvalue weighted by Gasteiger charge is -2.34. The molecule has 1 atom stereocenters. The van der Waals surface area contributed by atoms with Crippen LogP contribution >= 0.6 is 0 Å². The first-order chi connectivity index (χ1) is 10.6. The third-order valence-corrected chi connectivity index (χ3v) is 4.24. The fourth-order valence-corrected chi connectivity index (χ4v) is 2.91. The van der Waals surface area contributed by atoms with E-state index >= 15 is 0 Å². The molecule has 1 unspecified atom stereocenters. The smallest absolute Gasteiger partial charge is 0.123 e. The zero-order valence-corrected chi connectivity index (χ0v) is 13.5. The summed E-state index contributed by atoms with van der Waals surface area (Å²) in [6.07, 6.45) is 2.27. The number of aliphatic hydroxyl groups is 1. The van der Waals surface area contributed by atoms with E-state index in [1.807, 2.05) is 6.07 Å². The normalized spacial score (nSPS) is 17.7. The van der Waals surface area contributed by atoms with Gasteiger partial charge in [0.1, 0.15) is 5.82 Å². The number of halogens is 1. The van der Waals surface area contributed by atoms with Crippen molar-refractivity contribution in [1.29, 1.82) is 0 Å². The Balaban J connectivity index is 2.06. The molecule has 1 heterocycles. The summed E-state index contributed by atoms with van der Waals surface area (Å²) in [6.45, 7) is 5.25. The molecular weight excluding hydrogens is 283 g/mol. The Bertz CT molecular complexity index is 462. The lowest BCUT2D eigenvalue weighted by Crippen LogP contribution is -2.37. The van der Waals surface area contributed by atoms with Gasteiger partial charge in [0.25, 0.3) is 0 Å². The van der Waals surface area contributed by atoms with Crippen LogP contribution in [0, 0.1) is 5.82 Å². The summed E-state index contributed by atoms with van der Waals surface area (Å²) in [6, 6.07) is 5.07. The van der Waals surface area contributed by atoms with Crippen molar-refractivity contribution >= 4 is 5.69 Å². The van der Waals surface area contributed by atoms with Crippen LogP contribution in [-0.4, -0.2) is 44.6 Å². The molecule has 0 radical (unpaired) electrons. The number of piperidine rings is 1. The molecule has 1 fully saturated rings. The standard InChI is InChI=1S/C17H27FN2O2/c1-13(19-8-3-11-22-2)16-12-14(18)4-5-17(16)20-9-6-15(21)7-10-20/h4-5,12-13,15,19,21H,3,6-11H2,1-2H3. The molecule has 124 valence electrons. The minimum absolute atomic E-state index is 0.0782. The summed E-state index contributed by atoms with van der Waals surface area (Å²) in [5.41, 5.74) is 2.05. The van der Waals surface area contributed by atoms with E-state index in [2.05, 4.69) is 17.1 Å². The first kappa shape index (κ1) is 17.2. The number of benzene rings is 1. The van der Waals surface area contributed by atoms with Gasteiger partial charge in [0.05, 0.1) is 6.10 Å². The fraction of sp³-hybridized carbons (Fsp3) is 0.647. The molecule has 0 aromatic heterocycles. The van der Waals surface area contributed by atoms with Crippen LogP contribution in [-0.2, 0) is 4.74 Å². The van der Waals surface area contributed by atoms with Crippen LogP contribution in [0.15, 0.2) is 18.2 Å². The van der Waals surface area contributed by atoms with Gasteiger partial charge in [-0.05, 0) is 56.5 Å². The predicted molar refractivity (Wildman–Crippen MR) is 86.8 cm³/mol. The molecule has 1 aromatic rings. The van der Waals surface area contributed by atoms with Gasteiger partial charge < -0.3 is 20.1 Å². The highest BCUT2D eigenvalue weighted by atomic mass is 19.1. The van der Waals surface area contributed by atoms with Crippen LogP contribution in [0.25, 0.3) is 0 Å². The summed E-state index contributed by atoms with van der Waals surface area (Å²) in [4.78, 5) is 2.24. The maximum absolute atomic E-state index is 13.7. The highest BCUT2D eigenvalue weighted by Gasteiger charge is 2.21. The number of aliphatic hydroxyl groups excluding tert-OH is 1. The average molecular weight is 310 g/mol.